The van der Waals surface area contributed by atoms with E-state index in [4.69, 9.17) is 5.73 Å². The van der Waals surface area contributed by atoms with Crippen LogP contribution in [0, 0.1) is 6.92 Å². The molecule has 3 heterocycles. The Morgan fingerprint density at radius 1 is 1.32 bits per heavy atom. The molecule has 0 aliphatic rings. The number of pyridine rings is 1. The number of anilines is 1. The van der Waals surface area contributed by atoms with E-state index in [-0.39, 0.29) is 0 Å². The summed E-state index contributed by atoms with van der Waals surface area (Å²) in [7, 11) is 0. The number of aromatic nitrogens is 4. The minimum absolute atomic E-state index is 0.487. The van der Waals surface area contributed by atoms with E-state index in [1.54, 1.807) is 11.3 Å². The van der Waals surface area contributed by atoms with Gasteiger partial charge < -0.3 is 5.73 Å². The Morgan fingerprint density at radius 2 is 2.16 bits per heavy atom. The smallest absolute Gasteiger partial charge is 0.202 e. The van der Waals surface area contributed by atoms with Gasteiger partial charge in [-0.1, -0.05) is 6.92 Å². The average Bonchev–Trinajstić information content (AvgIpc) is 2.96. The Morgan fingerprint density at radius 3 is 2.89 bits per heavy atom. The maximum Gasteiger partial charge on any atom is 0.202 e. The summed E-state index contributed by atoms with van der Waals surface area (Å²) < 4.78 is 1.92. The molecule has 0 aromatic carbocycles. The third-order valence-electron chi connectivity index (χ3n) is 3.00. The van der Waals surface area contributed by atoms with E-state index in [9.17, 15) is 0 Å². The molecule has 0 amide bonds. The number of imidazole rings is 1. The zero-order valence-electron chi connectivity index (χ0n) is 10.9. The first-order valence-corrected chi connectivity index (χ1v) is 7.02. The standard InChI is InChI=1S/C13H15N5S/c1-3-9-6-15-11(19-9)7-18-12-10(17-13(18)14)5-4-8(2)16-12/h4-6H,3,7H2,1-2H3,(H2,14,17). The fourth-order valence-corrected chi connectivity index (χ4v) is 2.84. The van der Waals surface area contributed by atoms with Gasteiger partial charge in [0, 0.05) is 16.8 Å². The van der Waals surface area contributed by atoms with Crippen molar-refractivity contribution in [3.63, 3.8) is 0 Å². The molecule has 3 aromatic rings. The maximum absolute atomic E-state index is 5.98. The predicted molar refractivity (Wildman–Crippen MR) is 77.3 cm³/mol. The van der Waals surface area contributed by atoms with Gasteiger partial charge in [-0.05, 0) is 25.5 Å². The number of nitrogens with two attached hydrogens (primary N) is 1. The second-order valence-electron chi connectivity index (χ2n) is 4.43. The zero-order chi connectivity index (χ0) is 13.4. The van der Waals surface area contributed by atoms with Crippen LogP contribution in [0.5, 0.6) is 0 Å². The van der Waals surface area contributed by atoms with Crippen LogP contribution in [0.1, 0.15) is 22.5 Å². The predicted octanol–water partition coefficient (Wildman–Crippen LogP) is 2.39. The van der Waals surface area contributed by atoms with E-state index in [2.05, 4.69) is 21.9 Å². The molecular formula is C13H15N5S. The van der Waals surface area contributed by atoms with E-state index in [0.29, 0.717) is 12.5 Å². The Hall–Kier alpha value is -1.95. The minimum Gasteiger partial charge on any atom is -0.369 e. The lowest BCUT2D eigenvalue weighted by molar-refractivity contribution is 0.818. The van der Waals surface area contributed by atoms with Crippen molar-refractivity contribution in [1.29, 1.82) is 0 Å². The van der Waals surface area contributed by atoms with Crippen molar-refractivity contribution in [3.8, 4) is 0 Å². The van der Waals surface area contributed by atoms with E-state index in [1.165, 1.54) is 4.88 Å². The summed E-state index contributed by atoms with van der Waals surface area (Å²) in [5.41, 5.74) is 8.59. The summed E-state index contributed by atoms with van der Waals surface area (Å²) in [5, 5.41) is 1.03. The monoisotopic (exact) mass is 273 g/mol. The van der Waals surface area contributed by atoms with Gasteiger partial charge in [-0.15, -0.1) is 11.3 Å². The number of nitrogens with zero attached hydrogens (tertiary/aromatic N) is 4. The van der Waals surface area contributed by atoms with Crippen molar-refractivity contribution in [2.45, 2.75) is 26.8 Å². The highest BCUT2D eigenvalue weighted by Gasteiger charge is 2.11. The molecule has 0 saturated heterocycles. The van der Waals surface area contributed by atoms with Gasteiger partial charge in [0.1, 0.15) is 10.5 Å². The lowest BCUT2D eigenvalue weighted by Crippen LogP contribution is -2.05. The van der Waals surface area contributed by atoms with Crippen molar-refractivity contribution in [2.75, 3.05) is 5.73 Å². The molecule has 5 nitrogen and oxygen atoms in total. The van der Waals surface area contributed by atoms with Crippen molar-refractivity contribution in [1.82, 2.24) is 19.5 Å². The fraction of sp³-hybridized carbons (Fsp3) is 0.308. The van der Waals surface area contributed by atoms with E-state index in [0.717, 1.165) is 28.3 Å². The van der Waals surface area contributed by atoms with Crippen LogP contribution >= 0.6 is 11.3 Å². The van der Waals surface area contributed by atoms with Gasteiger partial charge >= 0.3 is 0 Å². The molecule has 98 valence electrons. The molecule has 3 rings (SSSR count). The summed E-state index contributed by atoms with van der Waals surface area (Å²) in [6.45, 7) is 4.72. The van der Waals surface area contributed by atoms with Crippen LogP contribution in [0.3, 0.4) is 0 Å². The molecule has 0 aliphatic carbocycles. The van der Waals surface area contributed by atoms with Crippen molar-refractivity contribution in [2.24, 2.45) is 0 Å². The summed E-state index contributed by atoms with van der Waals surface area (Å²) in [6.07, 6.45) is 2.93. The second kappa shape index (κ2) is 4.62. The average molecular weight is 273 g/mol. The number of fused-ring (bicyclic) bond motifs is 1. The highest BCUT2D eigenvalue weighted by Crippen LogP contribution is 2.20. The van der Waals surface area contributed by atoms with Crippen LogP contribution in [-0.2, 0) is 13.0 Å². The summed E-state index contributed by atoms with van der Waals surface area (Å²) in [6, 6.07) is 3.89. The third-order valence-corrected chi connectivity index (χ3v) is 4.13. The summed E-state index contributed by atoms with van der Waals surface area (Å²) >= 11 is 1.71. The van der Waals surface area contributed by atoms with E-state index < -0.39 is 0 Å². The van der Waals surface area contributed by atoms with Gasteiger partial charge in [0.2, 0.25) is 5.95 Å². The van der Waals surface area contributed by atoms with Crippen LogP contribution in [-0.4, -0.2) is 19.5 Å². The van der Waals surface area contributed by atoms with Crippen LogP contribution in [0.15, 0.2) is 18.3 Å². The molecule has 0 unspecified atom stereocenters. The topological polar surface area (TPSA) is 69.6 Å². The minimum atomic E-state index is 0.487. The normalized spacial score (nSPS) is 11.3. The van der Waals surface area contributed by atoms with Crippen molar-refractivity contribution < 1.29 is 0 Å². The molecule has 0 spiro atoms. The number of aryl methyl sites for hydroxylation is 2. The molecule has 0 radical (unpaired) electrons. The molecule has 0 bridgehead atoms. The Kier molecular flexibility index (Phi) is 2.94. The van der Waals surface area contributed by atoms with Gasteiger partial charge in [-0.25, -0.2) is 15.0 Å². The first kappa shape index (κ1) is 12.1. The van der Waals surface area contributed by atoms with Gasteiger partial charge in [0.25, 0.3) is 0 Å². The fourth-order valence-electron chi connectivity index (χ4n) is 1.99. The molecule has 3 aromatic heterocycles. The highest BCUT2D eigenvalue weighted by molar-refractivity contribution is 7.11. The number of hydrogen-bond donors (Lipinski definition) is 1. The number of thiazole rings is 1. The number of nitrogen functional groups attached to an aromatic ring is 1. The lowest BCUT2D eigenvalue weighted by atomic mass is 10.3. The molecule has 2 N–H and O–H groups in total. The first-order valence-electron chi connectivity index (χ1n) is 6.20. The summed E-state index contributed by atoms with van der Waals surface area (Å²) in [4.78, 5) is 14.5. The highest BCUT2D eigenvalue weighted by atomic mass is 32.1. The Balaban J connectivity index is 2.04. The largest absolute Gasteiger partial charge is 0.369 e. The van der Waals surface area contributed by atoms with Gasteiger partial charge in [-0.3, -0.25) is 4.57 Å². The molecule has 0 saturated carbocycles. The molecule has 6 heteroatoms. The quantitative estimate of drug-likeness (QED) is 0.795. The number of rotatable bonds is 3. The van der Waals surface area contributed by atoms with Crippen molar-refractivity contribution >= 4 is 28.4 Å². The van der Waals surface area contributed by atoms with E-state index in [1.807, 2.05) is 29.8 Å². The van der Waals surface area contributed by atoms with Gasteiger partial charge in [0.05, 0.1) is 6.54 Å². The van der Waals surface area contributed by atoms with Gasteiger partial charge in [0.15, 0.2) is 5.65 Å². The second-order valence-corrected chi connectivity index (χ2v) is 5.63. The van der Waals surface area contributed by atoms with E-state index >= 15 is 0 Å². The molecular weight excluding hydrogens is 258 g/mol. The van der Waals surface area contributed by atoms with Crippen LogP contribution in [0.2, 0.25) is 0 Å². The molecule has 0 aliphatic heterocycles. The van der Waals surface area contributed by atoms with Crippen LogP contribution < -0.4 is 5.73 Å². The SMILES string of the molecule is CCc1cnc(Cn2c(N)nc3ccc(C)nc32)s1. The number of hydrogen-bond acceptors (Lipinski definition) is 5. The maximum atomic E-state index is 5.98. The third kappa shape index (κ3) is 2.19. The van der Waals surface area contributed by atoms with Crippen LogP contribution in [0.25, 0.3) is 11.2 Å². The lowest BCUT2D eigenvalue weighted by Gasteiger charge is -2.03. The molecule has 19 heavy (non-hydrogen) atoms. The summed E-state index contributed by atoms with van der Waals surface area (Å²) in [5.74, 6) is 0.487. The van der Waals surface area contributed by atoms with Gasteiger partial charge in [-0.2, -0.15) is 0 Å². The van der Waals surface area contributed by atoms with Crippen LogP contribution in [0.4, 0.5) is 5.95 Å². The zero-order valence-corrected chi connectivity index (χ0v) is 11.7. The first-order chi connectivity index (χ1) is 9.17. The Bertz CT molecular complexity index is 728. The molecule has 0 fully saturated rings. The molecule has 0 atom stereocenters. The Labute approximate surface area is 115 Å². The van der Waals surface area contributed by atoms with Crippen molar-refractivity contribution in [3.05, 3.63) is 33.9 Å².